The van der Waals surface area contributed by atoms with Crippen LogP contribution in [0.5, 0.6) is 0 Å². The van der Waals surface area contributed by atoms with E-state index < -0.39 is 23.1 Å². The number of carbonyl (C=O) groups is 2. The van der Waals surface area contributed by atoms with Gasteiger partial charge in [0.05, 0.1) is 0 Å². The number of halogens is 3. The predicted molar refractivity (Wildman–Crippen MR) is 134 cm³/mol. The van der Waals surface area contributed by atoms with Crippen LogP contribution in [0, 0.1) is 5.41 Å². The largest absolute Gasteiger partial charge is 0.431 e. The van der Waals surface area contributed by atoms with E-state index in [0.717, 1.165) is 12.7 Å². The van der Waals surface area contributed by atoms with Crippen LogP contribution in [0.15, 0.2) is 77.8 Å². The fraction of sp³-hybridized carbons (Fsp3) is 0.345. The second-order valence-corrected chi connectivity index (χ2v) is 9.80. The first kappa shape index (κ1) is 25.1. The highest BCUT2D eigenvalue weighted by Gasteiger charge is 2.64. The molecule has 2 aliphatic heterocycles. The summed E-state index contributed by atoms with van der Waals surface area (Å²) >= 11 is 0. The van der Waals surface area contributed by atoms with Gasteiger partial charge in [-0.2, -0.15) is 13.2 Å². The van der Waals surface area contributed by atoms with Crippen LogP contribution in [-0.2, 0) is 19.9 Å². The molecule has 5 nitrogen and oxygen atoms in total. The maximum absolute atomic E-state index is 14.8. The van der Waals surface area contributed by atoms with Crippen LogP contribution in [0.1, 0.15) is 36.3 Å². The van der Waals surface area contributed by atoms with Crippen molar-refractivity contribution in [3.63, 3.8) is 0 Å². The van der Waals surface area contributed by atoms with Crippen LogP contribution in [0.25, 0.3) is 10.8 Å². The molecule has 0 saturated carbocycles. The Morgan fingerprint density at radius 1 is 0.973 bits per heavy atom. The summed E-state index contributed by atoms with van der Waals surface area (Å²) in [6.07, 6.45) is -2.39. The molecular weight excluding hydrogens is 481 g/mol. The van der Waals surface area contributed by atoms with E-state index in [1.54, 1.807) is 36.5 Å². The molecule has 3 aromatic rings. The van der Waals surface area contributed by atoms with Crippen molar-refractivity contribution >= 4 is 28.8 Å². The Kier molecular flexibility index (Phi) is 6.40. The Balaban J connectivity index is 1.50. The first-order chi connectivity index (χ1) is 17.7. The van der Waals surface area contributed by atoms with Gasteiger partial charge in [-0.05, 0) is 34.6 Å². The van der Waals surface area contributed by atoms with Crippen molar-refractivity contribution in [3.05, 3.63) is 83.9 Å². The molecule has 0 bridgehead atoms. The molecule has 192 valence electrons. The van der Waals surface area contributed by atoms with Crippen LogP contribution in [0.4, 0.5) is 13.2 Å². The first-order valence-electron chi connectivity index (χ1n) is 12.2. The summed E-state index contributed by atoms with van der Waals surface area (Å²) in [5, 5.41) is 0.894. The maximum Gasteiger partial charge on any atom is 0.431 e. The molecule has 2 amide bonds. The lowest BCUT2D eigenvalue weighted by atomic mass is 9.63. The van der Waals surface area contributed by atoms with E-state index in [2.05, 4.69) is 4.99 Å². The van der Waals surface area contributed by atoms with Gasteiger partial charge < -0.3 is 9.64 Å². The van der Waals surface area contributed by atoms with Gasteiger partial charge in [0.15, 0.2) is 0 Å². The fourth-order valence-corrected chi connectivity index (χ4v) is 5.97. The van der Waals surface area contributed by atoms with Gasteiger partial charge in [-0.3, -0.25) is 9.59 Å². The lowest BCUT2D eigenvalue weighted by molar-refractivity contribution is -0.270. The number of methoxy groups -OCH3 is 1. The first-order valence-corrected chi connectivity index (χ1v) is 12.2. The molecule has 1 unspecified atom stereocenters. The van der Waals surface area contributed by atoms with Crippen LogP contribution in [0.2, 0.25) is 0 Å². The Hall–Kier alpha value is -3.52. The standard InChI is InChI=1S/C29H27F3N2O3/c1-37-28(29(30,31)32,23-13-7-11-20-8-5-6-12-22(20)23)26(36)34-16-14-27(15-17-34)18-25(35)33-19-24(27)21-9-3-2-4-10-21/h2-13,19,24H,14-18H2,1H3/t24-,28?/m0/s1. The summed E-state index contributed by atoms with van der Waals surface area (Å²) in [6.45, 7) is 0.157. The molecule has 1 saturated heterocycles. The molecule has 0 radical (unpaired) electrons. The van der Waals surface area contributed by atoms with Gasteiger partial charge >= 0.3 is 6.18 Å². The zero-order chi connectivity index (χ0) is 26.3. The van der Waals surface area contributed by atoms with E-state index in [1.165, 1.54) is 17.0 Å². The lowest BCUT2D eigenvalue weighted by Crippen LogP contribution is -2.59. The van der Waals surface area contributed by atoms with Crippen molar-refractivity contribution in [1.82, 2.24) is 4.90 Å². The number of ether oxygens (including phenoxy) is 1. The number of piperidine rings is 1. The number of fused-ring (bicyclic) bond motifs is 1. The topological polar surface area (TPSA) is 59.0 Å². The molecular formula is C29H27F3N2O3. The van der Waals surface area contributed by atoms with Crippen molar-refractivity contribution < 1.29 is 27.5 Å². The number of aliphatic imine (C=N–C) groups is 1. The summed E-state index contributed by atoms with van der Waals surface area (Å²) in [5.74, 6) is -1.54. The summed E-state index contributed by atoms with van der Waals surface area (Å²) in [7, 11) is 0.931. The molecule has 2 atom stereocenters. The number of carbonyl (C=O) groups excluding carboxylic acids is 2. The molecule has 0 aromatic heterocycles. The third-order valence-electron chi connectivity index (χ3n) is 7.91. The quantitative estimate of drug-likeness (QED) is 0.459. The van der Waals surface area contributed by atoms with Gasteiger partial charge in [0, 0.05) is 44.3 Å². The Morgan fingerprint density at radius 3 is 2.30 bits per heavy atom. The van der Waals surface area contributed by atoms with E-state index >= 15 is 0 Å². The van der Waals surface area contributed by atoms with Crippen molar-refractivity contribution in [1.29, 1.82) is 0 Å². The number of rotatable bonds is 4. The van der Waals surface area contributed by atoms with E-state index in [1.807, 2.05) is 30.3 Å². The summed E-state index contributed by atoms with van der Waals surface area (Å²) in [5.41, 5.74) is -2.89. The van der Waals surface area contributed by atoms with Gasteiger partial charge in [-0.25, -0.2) is 4.99 Å². The van der Waals surface area contributed by atoms with E-state index in [4.69, 9.17) is 4.74 Å². The number of amides is 2. The highest BCUT2D eigenvalue weighted by molar-refractivity contribution is 5.96. The minimum Gasteiger partial charge on any atom is -0.356 e. The second kappa shape index (κ2) is 9.41. The molecule has 3 aromatic carbocycles. The number of alkyl halides is 3. The number of nitrogens with zero attached hydrogens (tertiary/aromatic N) is 2. The van der Waals surface area contributed by atoms with Crippen LogP contribution in [0.3, 0.4) is 0 Å². The predicted octanol–water partition coefficient (Wildman–Crippen LogP) is 5.64. The number of hydrogen-bond acceptors (Lipinski definition) is 3. The highest BCUT2D eigenvalue weighted by Crippen LogP contribution is 2.50. The lowest BCUT2D eigenvalue weighted by Gasteiger charge is -2.48. The zero-order valence-corrected chi connectivity index (χ0v) is 20.4. The molecule has 1 fully saturated rings. The Morgan fingerprint density at radius 2 is 1.62 bits per heavy atom. The summed E-state index contributed by atoms with van der Waals surface area (Å²) < 4.78 is 49.7. The van der Waals surface area contributed by atoms with E-state index in [9.17, 15) is 22.8 Å². The fourth-order valence-electron chi connectivity index (χ4n) is 5.97. The van der Waals surface area contributed by atoms with Crippen LogP contribution < -0.4 is 0 Å². The van der Waals surface area contributed by atoms with Gasteiger partial charge in [0.2, 0.25) is 5.91 Å². The molecule has 2 heterocycles. The molecule has 8 heteroatoms. The van der Waals surface area contributed by atoms with Gasteiger partial charge in [0.1, 0.15) is 0 Å². The average molecular weight is 509 g/mol. The third-order valence-corrected chi connectivity index (χ3v) is 7.91. The smallest absolute Gasteiger partial charge is 0.356 e. The second-order valence-electron chi connectivity index (χ2n) is 9.80. The molecule has 5 rings (SSSR count). The maximum atomic E-state index is 14.8. The Bertz CT molecular complexity index is 1340. The van der Waals surface area contributed by atoms with Gasteiger partial charge in [0.25, 0.3) is 11.5 Å². The average Bonchev–Trinajstić information content (AvgIpc) is 2.89. The van der Waals surface area contributed by atoms with Crippen molar-refractivity contribution in [3.8, 4) is 0 Å². The number of benzene rings is 3. The van der Waals surface area contributed by atoms with Gasteiger partial charge in [-0.1, -0.05) is 72.8 Å². The number of hydrogen-bond donors (Lipinski definition) is 0. The SMILES string of the molecule is COC(C(=O)N1CCC2(CC1)CC(=O)N=C[C@H]2c1ccccc1)(c1cccc2ccccc12)C(F)(F)F. The van der Waals surface area contributed by atoms with Crippen molar-refractivity contribution in [2.45, 2.75) is 37.0 Å². The molecule has 0 N–H and O–H groups in total. The third kappa shape index (κ3) is 4.13. The minimum atomic E-state index is -5.00. The summed E-state index contributed by atoms with van der Waals surface area (Å²) in [6, 6.07) is 20.8. The van der Waals surface area contributed by atoms with Crippen LogP contribution in [-0.4, -0.2) is 49.3 Å². The van der Waals surface area contributed by atoms with E-state index in [-0.39, 0.29) is 36.9 Å². The van der Waals surface area contributed by atoms with Crippen molar-refractivity contribution in [2.24, 2.45) is 10.4 Å². The zero-order valence-electron chi connectivity index (χ0n) is 20.4. The van der Waals surface area contributed by atoms with Gasteiger partial charge in [-0.15, -0.1) is 0 Å². The molecule has 2 aliphatic rings. The normalized spacial score (nSPS) is 21.2. The molecule has 37 heavy (non-hydrogen) atoms. The van der Waals surface area contributed by atoms with E-state index in [0.29, 0.717) is 23.6 Å². The van der Waals surface area contributed by atoms with Crippen LogP contribution >= 0.6 is 0 Å². The minimum absolute atomic E-state index is 0.0786. The Labute approximate surface area is 212 Å². The van der Waals surface area contributed by atoms with Crippen molar-refractivity contribution in [2.75, 3.05) is 20.2 Å². The monoisotopic (exact) mass is 508 g/mol. The molecule has 1 spiro atoms. The highest BCUT2D eigenvalue weighted by atomic mass is 19.4. The number of likely N-dealkylation sites (tertiary alicyclic amines) is 1. The molecule has 0 aliphatic carbocycles. The summed E-state index contributed by atoms with van der Waals surface area (Å²) in [4.78, 5) is 31.4.